The number of ether oxygens (including phenoxy) is 1. The Morgan fingerprint density at radius 2 is 2.21 bits per heavy atom. The Balaban J connectivity index is 1.62. The van der Waals surface area contributed by atoms with E-state index in [0.29, 0.717) is 13.0 Å². The molecule has 0 atom stereocenters. The Morgan fingerprint density at radius 1 is 1.26 bits per heavy atom. The highest BCUT2D eigenvalue weighted by Crippen LogP contribution is 2.27. The fourth-order valence-electron chi connectivity index (χ4n) is 2.16. The molecule has 19 heavy (non-hydrogen) atoms. The van der Waals surface area contributed by atoms with Gasteiger partial charge in [-0.2, -0.15) is 0 Å². The Labute approximate surface area is 116 Å². The van der Waals surface area contributed by atoms with Gasteiger partial charge in [-0.15, -0.1) is 11.3 Å². The first kappa shape index (κ1) is 12.2. The molecule has 4 heteroatoms. The molecular formula is C15H15NO2S. The molecular weight excluding hydrogens is 258 g/mol. The average molecular weight is 273 g/mol. The Kier molecular flexibility index (Phi) is 3.51. The molecule has 98 valence electrons. The largest absolute Gasteiger partial charge is 0.493 e. The third kappa shape index (κ3) is 2.96. The molecule has 1 aliphatic rings. The van der Waals surface area contributed by atoms with Gasteiger partial charge in [-0.05, 0) is 29.5 Å². The van der Waals surface area contributed by atoms with Crippen LogP contribution in [0.2, 0.25) is 0 Å². The predicted octanol–water partition coefficient (Wildman–Crippen LogP) is 3.25. The second-order valence-corrected chi connectivity index (χ2v) is 5.58. The zero-order valence-corrected chi connectivity index (χ0v) is 11.3. The van der Waals surface area contributed by atoms with Crippen molar-refractivity contribution in [3.8, 4) is 5.75 Å². The highest BCUT2D eigenvalue weighted by Gasteiger charge is 2.14. The van der Waals surface area contributed by atoms with Crippen molar-refractivity contribution in [2.24, 2.45) is 0 Å². The normalized spacial score (nSPS) is 13.8. The van der Waals surface area contributed by atoms with E-state index in [9.17, 15) is 4.79 Å². The predicted molar refractivity (Wildman–Crippen MR) is 76.9 cm³/mol. The van der Waals surface area contributed by atoms with Gasteiger partial charge in [0.05, 0.1) is 6.61 Å². The van der Waals surface area contributed by atoms with E-state index in [2.05, 4.69) is 22.8 Å². The zero-order valence-electron chi connectivity index (χ0n) is 10.5. The summed E-state index contributed by atoms with van der Waals surface area (Å²) >= 11 is 1.74. The van der Waals surface area contributed by atoms with E-state index in [4.69, 9.17) is 4.74 Å². The van der Waals surface area contributed by atoms with Gasteiger partial charge in [0.2, 0.25) is 5.91 Å². The molecule has 2 aromatic rings. The van der Waals surface area contributed by atoms with Gasteiger partial charge >= 0.3 is 0 Å². The number of hydrogen-bond acceptors (Lipinski definition) is 3. The van der Waals surface area contributed by atoms with E-state index < -0.39 is 0 Å². The Morgan fingerprint density at radius 3 is 3.05 bits per heavy atom. The van der Waals surface area contributed by atoms with Crippen molar-refractivity contribution in [3.05, 3.63) is 46.2 Å². The van der Waals surface area contributed by atoms with Crippen LogP contribution in [0.15, 0.2) is 35.7 Å². The van der Waals surface area contributed by atoms with Gasteiger partial charge in [0.15, 0.2) is 0 Å². The number of carbonyl (C=O) groups excluding carboxylic acids is 1. The molecule has 0 radical (unpaired) electrons. The third-order valence-corrected chi connectivity index (χ3v) is 4.11. The first-order chi connectivity index (χ1) is 9.31. The molecule has 1 aromatic carbocycles. The second kappa shape index (κ2) is 5.45. The number of hydrogen-bond donors (Lipinski definition) is 1. The van der Waals surface area contributed by atoms with E-state index >= 15 is 0 Å². The zero-order chi connectivity index (χ0) is 13.1. The maximum atomic E-state index is 11.4. The number of nitrogens with one attached hydrogen (secondary N) is 1. The molecule has 3 rings (SSSR count). The van der Waals surface area contributed by atoms with Crippen LogP contribution in [-0.2, 0) is 17.6 Å². The van der Waals surface area contributed by atoms with Crippen LogP contribution in [0.4, 0.5) is 5.69 Å². The molecule has 0 saturated carbocycles. The van der Waals surface area contributed by atoms with Crippen LogP contribution in [-0.4, -0.2) is 12.5 Å². The summed E-state index contributed by atoms with van der Waals surface area (Å²) in [6.07, 6.45) is 2.31. The van der Waals surface area contributed by atoms with Gasteiger partial charge in [0.25, 0.3) is 0 Å². The molecule has 0 bridgehead atoms. The number of benzene rings is 1. The molecule has 1 amide bonds. The number of fused-ring (bicyclic) bond motifs is 1. The number of aryl methyl sites for hydroxylation is 1. The highest BCUT2D eigenvalue weighted by atomic mass is 32.1. The van der Waals surface area contributed by atoms with Crippen LogP contribution in [0.5, 0.6) is 5.75 Å². The average Bonchev–Trinajstić information content (AvgIpc) is 2.91. The van der Waals surface area contributed by atoms with Crippen LogP contribution in [0.1, 0.15) is 16.9 Å². The van der Waals surface area contributed by atoms with Gasteiger partial charge in [-0.25, -0.2) is 0 Å². The van der Waals surface area contributed by atoms with Gasteiger partial charge in [-0.1, -0.05) is 12.1 Å². The van der Waals surface area contributed by atoms with E-state index in [1.807, 2.05) is 18.2 Å². The van der Waals surface area contributed by atoms with E-state index in [0.717, 1.165) is 24.3 Å². The quantitative estimate of drug-likeness (QED) is 0.928. The lowest BCUT2D eigenvalue weighted by Crippen LogP contribution is -2.18. The molecule has 1 aliphatic heterocycles. The minimum atomic E-state index is 0.0863. The van der Waals surface area contributed by atoms with Gasteiger partial charge in [-0.3, -0.25) is 4.79 Å². The first-order valence-electron chi connectivity index (χ1n) is 6.39. The van der Waals surface area contributed by atoms with Gasteiger partial charge in [0, 0.05) is 29.5 Å². The van der Waals surface area contributed by atoms with Crippen LogP contribution in [0.3, 0.4) is 0 Å². The van der Waals surface area contributed by atoms with Crippen molar-refractivity contribution in [1.82, 2.24) is 0 Å². The lowest BCUT2D eigenvalue weighted by molar-refractivity contribution is -0.116. The van der Waals surface area contributed by atoms with E-state index in [1.54, 1.807) is 11.3 Å². The summed E-state index contributed by atoms with van der Waals surface area (Å²) in [5.41, 5.74) is 2.08. The van der Waals surface area contributed by atoms with Gasteiger partial charge in [0.1, 0.15) is 5.75 Å². The smallest absolute Gasteiger partial charge is 0.224 e. The highest BCUT2D eigenvalue weighted by molar-refractivity contribution is 7.09. The third-order valence-electron chi connectivity index (χ3n) is 3.17. The maximum absolute atomic E-state index is 11.4. The molecule has 1 N–H and O–H groups in total. The maximum Gasteiger partial charge on any atom is 0.224 e. The minimum absolute atomic E-state index is 0.0863. The number of anilines is 1. The van der Waals surface area contributed by atoms with Crippen molar-refractivity contribution in [2.75, 3.05) is 11.9 Å². The first-order valence-corrected chi connectivity index (χ1v) is 7.27. The SMILES string of the molecule is O=C1CCc2ccc(OCCc3cccs3)cc2N1. The molecule has 2 heterocycles. The lowest BCUT2D eigenvalue weighted by atomic mass is 10.0. The van der Waals surface area contributed by atoms with Gasteiger partial charge < -0.3 is 10.1 Å². The molecule has 0 aliphatic carbocycles. The molecule has 3 nitrogen and oxygen atoms in total. The lowest BCUT2D eigenvalue weighted by Gasteiger charge is -2.17. The summed E-state index contributed by atoms with van der Waals surface area (Å²) in [7, 11) is 0. The fraction of sp³-hybridized carbons (Fsp3) is 0.267. The fourth-order valence-corrected chi connectivity index (χ4v) is 2.86. The summed E-state index contributed by atoms with van der Waals surface area (Å²) in [6, 6.07) is 10.1. The van der Waals surface area contributed by atoms with Crippen LogP contribution in [0, 0.1) is 0 Å². The van der Waals surface area contributed by atoms with Crippen LogP contribution < -0.4 is 10.1 Å². The topological polar surface area (TPSA) is 38.3 Å². The summed E-state index contributed by atoms with van der Waals surface area (Å²) in [4.78, 5) is 12.7. The van der Waals surface area contributed by atoms with Crippen molar-refractivity contribution in [2.45, 2.75) is 19.3 Å². The second-order valence-electron chi connectivity index (χ2n) is 4.54. The number of thiophene rings is 1. The molecule has 0 fully saturated rings. The molecule has 0 saturated heterocycles. The standard InChI is InChI=1S/C15H15NO2S/c17-15-6-4-11-3-5-12(10-14(11)16-15)18-8-7-13-2-1-9-19-13/h1-3,5,9-10H,4,6-8H2,(H,16,17). The number of rotatable bonds is 4. The Bertz CT molecular complexity index is 578. The molecule has 0 unspecified atom stereocenters. The molecule has 0 spiro atoms. The number of carbonyl (C=O) groups is 1. The van der Waals surface area contributed by atoms with Crippen molar-refractivity contribution in [3.63, 3.8) is 0 Å². The summed E-state index contributed by atoms with van der Waals surface area (Å²) < 4.78 is 5.74. The van der Waals surface area contributed by atoms with Crippen LogP contribution >= 0.6 is 11.3 Å². The minimum Gasteiger partial charge on any atom is -0.493 e. The van der Waals surface area contributed by atoms with Crippen molar-refractivity contribution >= 4 is 22.9 Å². The van der Waals surface area contributed by atoms with E-state index in [-0.39, 0.29) is 5.91 Å². The van der Waals surface area contributed by atoms with Crippen molar-refractivity contribution < 1.29 is 9.53 Å². The summed E-state index contributed by atoms with van der Waals surface area (Å²) in [5, 5.41) is 4.96. The van der Waals surface area contributed by atoms with E-state index in [1.165, 1.54) is 10.4 Å². The Hall–Kier alpha value is -1.81. The summed E-state index contributed by atoms with van der Waals surface area (Å²) in [5.74, 6) is 0.903. The molecule has 1 aromatic heterocycles. The summed E-state index contributed by atoms with van der Waals surface area (Å²) in [6.45, 7) is 0.660. The van der Waals surface area contributed by atoms with Crippen LogP contribution in [0.25, 0.3) is 0 Å². The van der Waals surface area contributed by atoms with Crippen molar-refractivity contribution in [1.29, 1.82) is 0 Å². The monoisotopic (exact) mass is 273 g/mol. The number of amides is 1.